The van der Waals surface area contributed by atoms with Gasteiger partial charge in [-0.3, -0.25) is 5.32 Å². The summed E-state index contributed by atoms with van der Waals surface area (Å²) in [5, 5.41) is 13.3. The zero-order valence-corrected chi connectivity index (χ0v) is 10.2. The summed E-state index contributed by atoms with van der Waals surface area (Å²) < 4.78 is 0. The van der Waals surface area contributed by atoms with Crippen LogP contribution in [0.5, 0.6) is 0 Å². The molecule has 16 heavy (non-hydrogen) atoms. The summed E-state index contributed by atoms with van der Waals surface area (Å²) in [4.78, 5) is 0. The molecule has 1 aromatic carbocycles. The van der Waals surface area contributed by atoms with Gasteiger partial charge in [0.15, 0.2) is 0 Å². The molecule has 1 aliphatic rings. The van der Waals surface area contributed by atoms with Crippen molar-refractivity contribution in [3.05, 3.63) is 33.8 Å². The third kappa shape index (κ3) is 2.89. The first-order valence-corrected chi connectivity index (χ1v) is 6.04. The van der Waals surface area contributed by atoms with E-state index in [0.29, 0.717) is 10.0 Å². The van der Waals surface area contributed by atoms with Gasteiger partial charge in [0.25, 0.3) is 0 Å². The number of rotatable bonds is 4. The van der Waals surface area contributed by atoms with Gasteiger partial charge in [0.05, 0.1) is 16.1 Å². The van der Waals surface area contributed by atoms with Gasteiger partial charge in [-0.15, -0.1) is 0 Å². The smallest absolute Gasteiger partial charge is 0.121 e. The maximum atomic E-state index is 9.08. The topological polar surface area (TPSA) is 35.8 Å². The highest BCUT2D eigenvalue weighted by Crippen LogP contribution is 2.29. The molecule has 0 aromatic heterocycles. The van der Waals surface area contributed by atoms with Gasteiger partial charge in [-0.05, 0) is 43.0 Å². The quantitative estimate of drug-likeness (QED) is 0.892. The summed E-state index contributed by atoms with van der Waals surface area (Å²) in [5.74, 6) is 0.749. The Labute approximate surface area is 105 Å². The van der Waals surface area contributed by atoms with E-state index in [-0.39, 0.29) is 6.04 Å². The van der Waals surface area contributed by atoms with Crippen molar-refractivity contribution >= 4 is 23.2 Å². The molecule has 0 heterocycles. The van der Waals surface area contributed by atoms with E-state index in [0.717, 1.165) is 18.0 Å². The van der Waals surface area contributed by atoms with Crippen LogP contribution in [-0.2, 0) is 0 Å². The highest BCUT2D eigenvalue weighted by atomic mass is 35.5. The van der Waals surface area contributed by atoms with E-state index in [1.807, 2.05) is 6.07 Å². The molecule has 1 atom stereocenters. The Bertz CT molecular complexity index is 422. The van der Waals surface area contributed by atoms with E-state index in [4.69, 9.17) is 28.5 Å². The molecular formula is C12H12Cl2N2. The SMILES string of the molecule is N#CC(NCC1CC1)c1ccc(Cl)c(Cl)c1. The molecule has 1 aliphatic carbocycles. The fourth-order valence-electron chi connectivity index (χ4n) is 1.54. The Balaban J connectivity index is 2.06. The zero-order valence-electron chi connectivity index (χ0n) is 8.71. The summed E-state index contributed by atoms with van der Waals surface area (Å²) in [6.07, 6.45) is 2.54. The first kappa shape index (κ1) is 11.7. The lowest BCUT2D eigenvalue weighted by molar-refractivity contribution is 0.593. The van der Waals surface area contributed by atoms with Crippen molar-refractivity contribution in [1.29, 1.82) is 5.26 Å². The van der Waals surface area contributed by atoms with Gasteiger partial charge in [0.2, 0.25) is 0 Å². The number of nitrogens with zero attached hydrogens (tertiary/aromatic N) is 1. The normalized spacial score (nSPS) is 16.8. The molecule has 1 fully saturated rings. The number of hydrogen-bond donors (Lipinski definition) is 1. The van der Waals surface area contributed by atoms with E-state index in [9.17, 15) is 0 Å². The van der Waals surface area contributed by atoms with Crippen LogP contribution in [0, 0.1) is 17.2 Å². The second-order valence-corrected chi connectivity index (χ2v) is 4.90. The number of nitriles is 1. The first-order valence-electron chi connectivity index (χ1n) is 5.28. The summed E-state index contributed by atoms with van der Waals surface area (Å²) in [5.41, 5.74) is 0.873. The summed E-state index contributed by atoms with van der Waals surface area (Å²) >= 11 is 11.8. The van der Waals surface area contributed by atoms with Gasteiger partial charge in [0.1, 0.15) is 6.04 Å². The average molecular weight is 255 g/mol. The van der Waals surface area contributed by atoms with E-state index >= 15 is 0 Å². The minimum Gasteiger partial charge on any atom is -0.298 e. The maximum absolute atomic E-state index is 9.08. The molecule has 0 aliphatic heterocycles. The van der Waals surface area contributed by atoms with Crippen molar-refractivity contribution in [3.8, 4) is 6.07 Å². The zero-order chi connectivity index (χ0) is 11.5. The third-order valence-electron chi connectivity index (χ3n) is 2.71. The first-order chi connectivity index (χ1) is 7.70. The van der Waals surface area contributed by atoms with Crippen molar-refractivity contribution in [3.63, 3.8) is 0 Å². The molecule has 0 bridgehead atoms. The van der Waals surface area contributed by atoms with E-state index in [2.05, 4.69) is 11.4 Å². The van der Waals surface area contributed by atoms with Crippen LogP contribution in [0.25, 0.3) is 0 Å². The molecular weight excluding hydrogens is 243 g/mol. The Morgan fingerprint density at radius 1 is 1.38 bits per heavy atom. The Morgan fingerprint density at radius 3 is 2.69 bits per heavy atom. The van der Waals surface area contributed by atoms with Crippen molar-refractivity contribution in [2.24, 2.45) is 5.92 Å². The molecule has 1 N–H and O–H groups in total. The van der Waals surface area contributed by atoms with Crippen LogP contribution in [0.4, 0.5) is 0 Å². The highest BCUT2D eigenvalue weighted by molar-refractivity contribution is 6.42. The minimum atomic E-state index is -0.296. The fourth-order valence-corrected chi connectivity index (χ4v) is 1.84. The lowest BCUT2D eigenvalue weighted by Crippen LogP contribution is -2.22. The fraction of sp³-hybridized carbons (Fsp3) is 0.417. The number of halogens is 2. The van der Waals surface area contributed by atoms with Crippen LogP contribution in [-0.4, -0.2) is 6.54 Å². The van der Waals surface area contributed by atoms with Crippen LogP contribution < -0.4 is 5.32 Å². The molecule has 0 saturated heterocycles. The van der Waals surface area contributed by atoms with Gasteiger partial charge in [-0.2, -0.15) is 5.26 Å². The molecule has 2 nitrogen and oxygen atoms in total. The molecule has 4 heteroatoms. The summed E-state index contributed by atoms with van der Waals surface area (Å²) in [6, 6.07) is 7.25. The summed E-state index contributed by atoms with van der Waals surface area (Å²) in [7, 11) is 0. The monoisotopic (exact) mass is 254 g/mol. The van der Waals surface area contributed by atoms with Crippen LogP contribution in [0.3, 0.4) is 0 Å². The molecule has 84 valence electrons. The van der Waals surface area contributed by atoms with Gasteiger partial charge in [-0.1, -0.05) is 29.3 Å². The van der Waals surface area contributed by atoms with Crippen molar-refractivity contribution in [1.82, 2.24) is 5.32 Å². The van der Waals surface area contributed by atoms with Gasteiger partial charge in [0, 0.05) is 0 Å². The third-order valence-corrected chi connectivity index (χ3v) is 3.45. The Hall–Kier alpha value is -0.750. The molecule has 0 radical (unpaired) electrons. The van der Waals surface area contributed by atoms with Crippen molar-refractivity contribution < 1.29 is 0 Å². The Morgan fingerprint density at radius 2 is 2.12 bits per heavy atom. The second kappa shape index (κ2) is 5.05. The molecule has 2 rings (SSSR count). The molecule has 0 spiro atoms. The maximum Gasteiger partial charge on any atom is 0.121 e. The van der Waals surface area contributed by atoms with Crippen LogP contribution in [0.1, 0.15) is 24.4 Å². The van der Waals surface area contributed by atoms with Crippen LogP contribution >= 0.6 is 23.2 Å². The molecule has 1 unspecified atom stereocenters. The largest absolute Gasteiger partial charge is 0.298 e. The highest BCUT2D eigenvalue weighted by Gasteiger charge is 2.22. The lowest BCUT2D eigenvalue weighted by Gasteiger charge is -2.12. The van der Waals surface area contributed by atoms with Crippen molar-refractivity contribution in [2.45, 2.75) is 18.9 Å². The van der Waals surface area contributed by atoms with E-state index in [1.54, 1.807) is 12.1 Å². The second-order valence-electron chi connectivity index (χ2n) is 4.09. The number of hydrogen-bond acceptors (Lipinski definition) is 2. The van der Waals surface area contributed by atoms with Gasteiger partial charge in [-0.25, -0.2) is 0 Å². The standard InChI is InChI=1S/C12H12Cl2N2/c13-10-4-3-9(5-11(10)14)12(6-15)16-7-8-1-2-8/h3-5,8,12,16H,1-2,7H2. The predicted molar refractivity (Wildman–Crippen MR) is 65.5 cm³/mol. The predicted octanol–water partition coefficient (Wildman–Crippen LogP) is 3.56. The molecule has 1 saturated carbocycles. The molecule has 1 aromatic rings. The Kier molecular flexibility index (Phi) is 3.70. The summed E-state index contributed by atoms with van der Waals surface area (Å²) in [6.45, 7) is 0.901. The average Bonchev–Trinajstić information content (AvgIpc) is 3.08. The number of nitrogens with one attached hydrogen (secondary N) is 1. The molecule has 0 amide bonds. The van der Waals surface area contributed by atoms with Crippen LogP contribution in [0.15, 0.2) is 18.2 Å². The van der Waals surface area contributed by atoms with E-state index in [1.165, 1.54) is 12.8 Å². The lowest BCUT2D eigenvalue weighted by atomic mass is 10.1. The van der Waals surface area contributed by atoms with Crippen LogP contribution in [0.2, 0.25) is 10.0 Å². The van der Waals surface area contributed by atoms with E-state index < -0.39 is 0 Å². The minimum absolute atomic E-state index is 0.296. The van der Waals surface area contributed by atoms with Crippen molar-refractivity contribution in [2.75, 3.05) is 6.54 Å². The number of benzene rings is 1. The van der Waals surface area contributed by atoms with Gasteiger partial charge >= 0.3 is 0 Å². The van der Waals surface area contributed by atoms with Gasteiger partial charge < -0.3 is 0 Å².